The summed E-state index contributed by atoms with van der Waals surface area (Å²) in [4.78, 5) is 0. The summed E-state index contributed by atoms with van der Waals surface area (Å²) in [5, 5.41) is 28.5. The molecule has 0 aliphatic rings. The molecule has 0 aliphatic carbocycles. The summed E-state index contributed by atoms with van der Waals surface area (Å²) in [6, 6.07) is 11.0. The highest BCUT2D eigenvalue weighted by atomic mass is 16.3. The molecule has 0 heterocycles. The van der Waals surface area contributed by atoms with E-state index < -0.39 is 6.10 Å². The van der Waals surface area contributed by atoms with E-state index in [1.54, 1.807) is 12.1 Å². The maximum absolute atomic E-state index is 10.1. The first-order valence-corrected chi connectivity index (χ1v) is 5.58. The fourth-order valence-corrected chi connectivity index (χ4v) is 1.69. The normalized spacial score (nSPS) is 14.1. The van der Waals surface area contributed by atoms with E-state index in [4.69, 9.17) is 5.26 Å². The van der Waals surface area contributed by atoms with Gasteiger partial charge < -0.3 is 10.2 Å². The van der Waals surface area contributed by atoms with Crippen molar-refractivity contribution < 1.29 is 10.2 Å². The van der Waals surface area contributed by atoms with E-state index in [0.29, 0.717) is 11.1 Å². The third-order valence-corrected chi connectivity index (χ3v) is 2.72. The average molecular weight is 231 g/mol. The van der Waals surface area contributed by atoms with Gasteiger partial charge in [0.2, 0.25) is 0 Å². The van der Waals surface area contributed by atoms with Crippen LogP contribution in [0.4, 0.5) is 0 Å². The van der Waals surface area contributed by atoms with Crippen molar-refractivity contribution in [3.63, 3.8) is 0 Å². The minimum Gasteiger partial charge on any atom is -0.392 e. The SMILES string of the molecule is CC(C)/C(CO)=C(\C#N)C(O)c1ccccc1. The van der Waals surface area contributed by atoms with Crippen LogP contribution in [0.15, 0.2) is 41.5 Å². The Morgan fingerprint density at radius 2 is 1.88 bits per heavy atom. The van der Waals surface area contributed by atoms with Gasteiger partial charge in [-0.1, -0.05) is 44.2 Å². The molecular formula is C14H17NO2. The molecule has 0 saturated carbocycles. The van der Waals surface area contributed by atoms with E-state index in [1.165, 1.54) is 0 Å². The second-order valence-corrected chi connectivity index (χ2v) is 4.18. The zero-order chi connectivity index (χ0) is 12.8. The number of hydrogen-bond acceptors (Lipinski definition) is 3. The Labute approximate surface area is 102 Å². The third kappa shape index (κ3) is 3.16. The molecule has 90 valence electrons. The van der Waals surface area contributed by atoms with Crippen LogP contribution >= 0.6 is 0 Å². The summed E-state index contributed by atoms with van der Waals surface area (Å²) in [5.41, 5.74) is 1.49. The van der Waals surface area contributed by atoms with E-state index in [2.05, 4.69) is 0 Å². The molecule has 1 aromatic rings. The molecule has 1 aromatic carbocycles. The number of rotatable bonds is 4. The van der Waals surface area contributed by atoms with Crippen molar-refractivity contribution in [2.75, 3.05) is 6.61 Å². The Hall–Kier alpha value is -1.63. The molecule has 3 nitrogen and oxygen atoms in total. The quantitative estimate of drug-likeness (QED) is 0.781. The number of aliphatic hydroxyl groups is 2. The van der Waals surface area contributed by atoms with Gasteiger partial charge in [-0.2, -0.15) is 5.26 Å². The Balaban J connectivity index is 3.16. The van der Waals surface area contributed by atoms with Crippen molar-refractivity contribution in [3.05, 3.63) is 47.0 Å². The first kappa shape index (κ1) is 13.4. The van der Waals surface area contributed by atoms with Crippen molar-refractivity contribution in [1.29, 1.82) is 5.26 Å². The van der Waals surface area contributed by atoms with Crippen LogP contribution in [0.5, 0.6) is 0 Å². The highest BCUT2D eigenvalue weighted by Gasteiger charge is 2.19. The number of hydrogen-bond donors (Lipinski definition) is 2. The minimum absolute atomic E-state index is 0.0352. The standard InChI is InChI=1S/C14H17NO2/c1-10(2)13(9-16)12(8-15)14(17)11-6-4-3-5-7-11/h3-7,10,14,16-17H,9H2,1-2H3/b13-12+. The van der Waals surface area contributed by atoms with Crippen molar-refractivity contribution in [2.45, 2.75) is 20.0 Å². The molecule has 0 amide bonds. The van der Waals surface area contributed by atoms with Crippen LogP contribution in [0.3, 0.4) is 0 Å². The van der Waals surface area contributed by atoms with Gasteiger partial charge in [0, 0.05) is 0 Å². The van der Waals surface area contributed by atoms with Crippen LogP contribution < -0.4 is 0 Å². The second kappa shape index (κ2) is 6.19. The van der Waals surface area contributed by atoms with Gasteiger partial charge >= 0.3 is 0 Å². The Morgan fingerprint density at radius 1 is 1.29 bits per heavy atom. The molecule has 0 spiro atoms. The molecule has 2 N–H and O–H groups in total. The lowest BCUT2D eigenvalue weighted by atomic mass is 9.92. The first-order valence-electron chi connectivity index (χ1n) is 5.58. The van der Waals surface area contributed by atoms with E-state index in [9.17, 15) is 10.2 Å². The molecule has 0 bridgehead atoms. The van der Waals surface area contributed by atoms with Crippen LogP contribution in [-0.2, 0) is 0 Å². The lowest BCUT2D eigenvalue weighted by Gasteiger charge is -2.16. The van der Waals surface area contributed by atoms with Crippen LogP contribution in [-0.4, -0.2) is 16.8 Å². The highest BCUT2D eigenvalue weighted by molar-refractivity contribution is 5.38. The van der Waals surface area contributed by atoms with E-state index in [-0.39, 0.29) is 18.1 Å². The van der Waals surface area contributed by atoms with Crippen molar-refractivity contribution in [2.24, 2.45) is 5.92 Å². The van der Waals surface area contributed by atoms with Gasteiger partial charge in [0.25, 0.3) is 0 Å². The molecular weight excluding hydrogens is 214 g/mol. The fourth-order valence-electron chi connectivity index (χ4n) is 1.69. The largest absolute Gasteiger partial charge is 0.392 e. The second-order valence-electron chi connectivity index (χ2n) is 4.18. The topological polar surface area (TPSA) is 64.2 Å². The summed E-state index contributed by atoms with van der Waals surface area (Å²) in [7, 11) is 0. The molecule has 1 atom stereocenters. The van der Waals surface area contributed by atoms with Gasteiger partial charge in [0.1, 0.15) is 6.10 Å². The highest BCUT2D eigenvalue weighted by Crippen LogP contribution is 2.26. The van der Waals surface area contributed by atoms with Gasteiger partial charge in [-0.3, -0.25) is 0 Å². The Kier molecular flexibility index (Phi) is 4.89. The summed E-state index contributed by atoms with van der Waals surface area (Å²) < 4.78 is 0. The zero-order valence-electron chi connectivity index (χ0n) is 10.1. The number of nitriles is 1. The third-order valence-electron chi connectivity index (χ3n) is 2.72. The molecule has 0 aromatic heterocycles. The van der Waals surface area contributed by atoms with E-state index >= 15 is 0 Å². The van der Waals surface area contributed by atoms with Crippen LogP contribution in [0.25, 0.3) is 0 Å². The molecule has 17 heavy (non-hydrogen) atoms. The predicted octanol–water partition coefficient (Wildman–Crippen LogP) is 2.19. The van der Waals surface area contributed by atoms with E-state index in [0.717, 1.165) is 0 Å². The van der Waals surface area contributed by atoms with Gasteiger partial charge in [-0.25, -0.2) is 0 Å². The van der Waals surface area contributed by atoms with Gasteiger partial charge in [0.15, 0.2) is 0 Å². The Morgan fingerprint density at radius 3 is 2.29 bits per heavy atom. The van der Waals surface area contributed by atoms with Gasteiger partial charge in [-0.15, -0.1) is 0 Å². The molecule has 0 radical (unpaired) electrons. The molecule has 1 rings (SSSR count). The maximum Gasteiger partial charge on any atom is 0.114 e. The number of nitrogens with zero attached hydrogens (tertiary/aromatic N) is 1. The molecule has 0 saturated heterocycles. The van der Waals surface area contributed by atoms with E-state index in [1.807, 2.05) is 38.1 Å². The van der Waals surface area contributed by atoms with Crippen LogP contribution in [0.2, 0.25) is 0 Å². The lowest BCUT2D eigenvalue weighted by Crippen LogP contribution is -2.10. The monoisotopic (exact) mass is 231 g/mol. The Bertz CT molecular complexity index is 429. The molecule has 0 fully saturated rings. The van der Waals surface area contributed by atoms with Crippen LogP contribution in [0.1, 0.15) is 25.5 Å². The fraction of sp³-hybridized carbons (Fsp3) is 0.357. The number of benzene rings is 1. The zero-order valence-corrected chi connectivity index (χ0v) is 10.1. The summed E-state index contributed by atoms with van der Waals surface area (Å²) in [5.74, 6) is 0.0352. The van der Waals surface area contributed by atoms with Crippen molar-refractivity contribution in [1.82, 2.24) is 0 Å². The van der Waals surface area contributed by atoms with Crippen LogP contribution in [0, 0.1) is 17.2 Å². The molecule has 0 aliphatic heterocycles. The average Bonchev–Trinajstić information content (AvgIpc) is 2.35. The van der Waals surface area contributed by atoms with Gasteiger partial charge in [-0.05, 0) is 17.1 Å². The minimum atomic E-state index is -0.967. The predicted molar refractivity (Wildman–Crippen MR) is 66.0 cm³/mol. The first-order chi connectivity index (χ1) is 8.11. The molecule has 1 unspecified atom stereocenters. The van der Waals surface area contributed by atoms with Gasteiger partial charge in [0.05, 0.1) is 18.2 Å². The summed E-state index contributed by atoms with van der Waals surface area (Å²) in [6.07, 6.45) is -0.967. The lowest BCUT2D eigenvalue weighted by molar-refractivity contribution is 0.214. The maximum atomic E-state index is 10.1. The molecule has 3 heteroatoms. The summed E-state index contributed by atoms with van der Waals surface area (Å²) >= 11 is 0. The van der Waals surface area contributed by atoms with Crippen molar-refractivity contribution in [3.8, 4) is 6.07 Å². The van der Waals surface area contributed by atoms with Crippen molar-refractivity contribution >= 4 is 0 Å². The summed E-state index contributed by atoms with van der Waals surface area (Å²) in [6.45, 7) is 3.58. The smallest absolute Gasteiger partial charge is 0.114 e. The number of aliphatic hydroxyl groups excluding tert-OH is 2.